The van der Waals surface area contributed by atoms with E-state index in [1.807, 2.05) is 11.8 Å². The highest BCUT2D eigenvalue weighted by atomic mass is 32.2. The molecule has 0 unspecified atom stereocenters. The maximum atomic E-state index is 12.6. The molecule has 114 valence electrons. The van der Waals surface area contributed by atoms with Crippen molar-refractivity contribution in [1.82, 2.24) is 4.90 Å². The molecule has 2 aliphatic carbocycles. The Hall–Kier alpha value is -0.180. The zero-order valence-electron chi connectivity index (χ0n) is 12.9. The number of carbonyl (C=O) groups is 1. The molecular formula is C17H29NOS. The van der Waals surface area contributed by atoms with Crippen molar-refractivity contribution < 1.29 is 4.79 Å². The Balaban J connectivity index is 1.52. The quantitative estimate of drug-likeness (QED) is 0.783. The molecule has 2 bridgehead atoms. The molecule has 0 aromatic carbocycles. The van der Waals surface area contributed by atoms with E-state index in [0.717, 1.165) is 37.3 Å². The standard InChI is InChI=1S/C17H29NOS/c1-2-20-16-5-3-4-8-18(12-16)17(19)11-15-10-13-6-7-14(15)9-13/h13-16H,2-12H2,1H3/t13-,14-,15+,16-/m0/s1. The van der Waals surface area contributed by atoms with Gasteiger partial charge in [-0.2, -0.15) is 11.8 Å². The molecule has 4 atom stereocenters. The van der Waals surface area contributed by atoms with Crippen LogP contribution < -0.4 is 0 Å². The van der Waals surface area contributed by atoms with Crippen LogP contribution in [0, 0.1) is 17.8 Å². The molecule has 20 heavy (non-hydrogen) atoms. The second-order valence-corrected chi connectivity index (χ2v) is 8.63. The predicted octanol–water partition coefficient (Wildman–Crippen LogP) is 3.95. The van der Waals surface area contributed by atoms with Crippen molar-refractivity contribution in [3.63, 3.8) is 0 Å². The first-order valence-electron chi connectivity index (χ1n) is 8.65. The van der Waals surface area contributed by atoms with Gasteiger partial charge in [0.1, 0.15) is 0 Å². The lowest BCUT2D eigenvalue weighted by molar-refractivity contribution is -0.132. The van der Waals surface area contributed by atoms with Gasteiger partial charge < -0.3 is 4.90 Å². The van der Waals surface area contributed by atoms with E-state index in [0.29, 0.717) is 11.2 Å². The van der Waals surface area contributed by atoms with Gasteiger partial charge in [0.25, 0.3) is 0 Å². The van der Waals surface area contributed by atoms with Crippen molar-refractivity contribution in [1.29, 1.82) is 0 Å². The van der Waals surface area contributed by atoms with Crippen LogP contribution in [0.5, 0.6) is 0 Å². The molecule has 0 spiro atoms. The molecule has 2 saturated carbocycles. The Bertz CT molecular complexity index is 346. The van der Waals surface area contributed by atoms with Crippen LogP contribution in [0.15, 0.2) is 0 Å². The lowest BCUT2D eigenvalue weighted by atomic mass is 9.86. The molecular weight excluding hydrogens is 266 g/mol. The Labute approximate surface area is 128 Å². The molecule has 1 amide bonds. The second kappa shape index (κ2) is 6.72. The largest absolute Gasteiger partial charge is 0.342 e. The topological polar surface area (TPSA) is 20.3 Å². The molecule has 3 aliphatic rings. The summed E-state index contributed by atoms with van der Waals surface area (Å²) in [6, 6.07) is 0. The first-order valence-corrected chi connectivity index (χ1v) is 9.70. The van der Waals surface area contributed by atoms with Crippen LogP contribution in [0.3, 0.4) is 0 Å². The molecule has 0 N–H and O–H groups in total. The van der Waals surface area contributed by atoms with E-state index < -0.39 is 0 Å². The van der Waals surface area contributed by atoms with Crippen molar-refractivity contribution >= 4 is 17.7 Å². The van der Waals surface area contributed by atoms with E-state index in [4.69, 9.17) is 0 Å². The molecule has 3 heteroatoms. The second-order valence-electron chi connectivity index (χ2n) is 7.05. The fourth-order valence-corrected chi connectivity index (χ4v) is 5.77. The van der Waals surface area contributed by atoms with E-state index in [2.05, 4.69) is 11.8 Å². The number of thioether (sulfide) groups is 1. The summed E-state index contributed by atoms with van der Waals surface area (Å²) in [4.78, 5) is 14.9. The highest BCUT2D eigenvalue weighted by Gasteiger charge is 2.40. The summed E-state index contributed by atoms with van der Waals surface area (Å²) in [5, 5.41) is 0.687. The molecule has 2 nitrogen and oxygen atoms in total. The van der Waals surface area contributed by atoms with E-state index in [9.17, 15) is 4.79 Å². The minimum Gasteiger partial charge on any atom is -0.342 e. The number of carbonyl (C=O) groups excluding carboxylic acids is 1. The summed E-state index contributed by atoms with van der Waals surface area (Å²) in [6.45, 7) is 4.26. The number of rotatable bonds is 4. The smallest absolute Gasteiger partial charge is 0.222 e. The van der Waals surface area contributed by atoms with Gasteiger partial charge in [-0.1, -0.05) is 19.8 Å². The lowest BCUT2D eigenvalue weighted by Crippen LogP contribution is -2.37. The number of amides is 1. The van der Waals surface area contributed by atoms with Gasteiger partial charge in [-0.05, 0) is 55.6 Å². The van der Waals surface area contributed by atoms with Crippen molar-refractivity contribution in [3.8, 4) is 0 Å². The first-order chi connectivity index (χ1) is 9.76. The highest BCUT2D eigenvalue weighted by molar-refractivity contribution is 7.99. The fraction of sp³-hybridized carbons (Fsp3) is 0.941. The highest BCUT2D eigenvalue weighted by Crippen LogP contribution is 2.49. The average Bonchev–Trinajstić information content (AvgIpc) is 2.96. The van der Waals surface area contributed by atoms with Gasteiger partial charge in [0.15, 0.2) is 0 Å². The molecule has 0 radical (unpaired) electrons. The SMILES string of the molecule is CCS[C@H]1CCCCN(C(=O)C[C@H]2C[C@H]3CC[C@H]2C3)C1. The molecule has 0 aromatic rings. The maximum absolute atomic E-state index is 12.6. The first kappa shape index (κ1) is 14.7. The average molecular weight is 295 g/mol. The number of fused-ring (bicyclic) bond motifs is 2. The third kappa shape index (κ3) is 3.35. The van der Waals surface area contributed by atoms with Crippen LogP contribution in [0.4, 0.5) is 0 Å². The van der Waals surface area contributed by atoms with Crippen LogP contribution in [0.2, 0.25) is 0 Å². The van der Waals surface area contributed by atoms with Gasteiger partial charge in [-0.25, -0.2) is 0 Å². The third-order valence-corrected chi connectivity index (χ3v) is 6.89. The van der Waals surface area contributed by atoms with Crippen LogP contribution in [-0.2, 0) is 4.79 Å². The van der Waals surface area contributed by atoms with Crippen LogP contribution in [0.1, 0.15) is 58.3 Å². The summed E-state index contributed by atoms with van der Waals surface area (Å²) in [7, 11) is 0. The lowest BCUT2D eigenvalue weighted by Gasteiger charge is -2.28. The van der Waals surface area contributed by atoms with Gasteiger partial charge in [-0.15, -0.1) is 0 Å². The number of likely N-dealkylation sites (tertiary alicyclic amines) is 1. The van der Waals surface area contributed by atoms with Gasteiger partial charge in [0.05, 0.1) is 0 Å². The molecule has 0 aromatic heterocycles. The van der Waals surface area contributed by atoms with Gasteiger partial charge in [0, 0.05) is 24.8 Å². The van der Waals surface area contributed by atoms with Crippen LogP contribution in [-0.4, -0.2) is 34.9 Å². The van der Waals surface area contributed by atoms with Crippen molar-refractivity contribution in [3.05, 3.63) is 0 Å². The summed E-state index contributed by atoms with van der Waals surface area (Å²) >= 11 is 2.05. The minimum absolute atomic E-state index is 0.464. The zero-order chi connectivity index (χ0) is 13.9. The zero-order valence-corrected chi connectivity index (χ0v) is 13.7. The number of hydrogen-bond acceptors (Lipinski definition) is 2. The maximum Gasteiger partial charge on any atom is 0.222 e. The summed E-state index contributed by atoms with van der Waals surface area (Å²) in [5.74, 6) is 4.22. The molecule has 3 fully saturated rings. The van der Waals surface area contributed by atoms with E-state index in [-0.39, 0.29) is 0 Å². The molecule has 1 heterocycles. The predicted molar refractivity (Wildman–Crippen MR) is 85.9 cm³/mol. The van der Waals surface area contributed by atoms with Gasteiger partial charge >= 0.3 is 0 Å². The third-order valence-electron chi connectivity index (χ3n) is 5.70. The van der Waals surface area contributed by atoms with Crippen molar-refractivity contribution in [2.75, 3.05) is 18.8 Å². The van der Waals surface area contributed by atoms with E-state index >= 15 is 0 Å². The Morgan fingerprint density at radius 1 is 1.20 bits per heavy atom. The summed E-state index contributed by atoms with van der Waals surface area (Å²) in [6.07, 6.45) is 10.3. The molecule has 3 rings (SSSR count). The molecule has 1 aliphatic heterocycles. The summed E-state index contributed by atoms with van der Waals surface area (Å²) in [5.41, 5.74) is 0. The monoisotopic (exact) mass is 295 g/mol. The Morgan fingerprint density at radius 2 is 2.10 bits per heavy atom. The molecule has 1 saturated heterocycles. The van der Waals surface area contributed by atoms with Crippen molar-refractivity contribution in [2.45, 2.75) is 63.5 Å². The minimum atomic E-state index is 0.464. The Kier molecular flexibility index (Phi) is 4.95. The van der Waals surface area contributed by atoms with Crippen LogP contribution in [0.25, 0.3) is 0 Å². The van der Waals surface area contributed by atoms with Gasteiger partial charge in [0.2, 0.25) is 5.91 Å². The fourth-order valence-electron chi connectivity index (χ4n) is 4.68. The van der Waals surface area contributed by atoms with E-state index in [1.165, 1.54) is 50.7 Å². The summed E-state index contributed by atoms with van der Waals surface area (Å²) < 4.78 is 0. The normalized spacial score (nSPS) is 37.1. The number of nitrogens with zero attached hydrogens (tertiary/aromatic N) is 1. The Morgan fingerprint density at radius 3 is 2.80 bits per heavy atom. The van der Waals surface area contributed by atoms with E-state index in [1.54, 1.807) is 0 Å². The van der Waals surface area contributed by atoms with Crippen molar-refractivity contribution in [2.24, 2.45) is 17.8 Å². The number of hydrogen-bond donors (Lipinski definition) is 0. The van der Waals surface area contributed by atoms with Gasteiger partial charge in [-0.3, -0.25) is 4.79 Å². The van der Waals surface area contributed by atoms with Crippen LogP contribution >= 0.6 is 11.8 Å².